The van der Waals surface area contributed by atoms with Gasteiger partial charge in [-0.3, -0.25) is 4.79 Å². The highest BCUT2D eigenvalue weighted by Crippen LogP contribution is 2.40. The first-order chi connectivity index (χ1) is 12.2. The Morgan fingerprint density at radius 1 is 0.800 bits per heavy atom. The minimum atomic E-state index is 0.0348. The van der Waals surface area contributed by atoms with Crippen LogP contribution in [0, 0.1) is 35.0 Å². The average Bonchev–Trinajstić information content (AvgIpc) is 2.68. The smallest absolute Gasteiger partial charge is 0.309 e. The Morgan fingerprint density at radius 3 is 1.84 bits per heavy atom. The van der Waals surface area contributed by atoms with Crippen LogP contribution in [-0.2, 0) is 14.3 Å². The Bertz CT molecular complexity index is 462. The number of carbonyl (C=O) groups excluding carboxylic acids is 1. The van der Waals surface area contributed by atoms with Crippen molar-refractivity contribution < 1.29 is 14.3 Å². The molecule has 0 aromatic rings. The van der Waals surface area contributed by atoms with Crippen molar-refractivity contribution in [3.8, 4) is 6.07 Å². The number of hydrogen-bond acceptors (Lipinski definition) is 4. The summed E-state index contributed by atoms with van der Waals surface area (Å²) in [5, 5.41) is 9.04. The molecule has 0 atom stereocenters. The molecule has 0 saturated heterocycles. The molecule has 3 saturated carbocycles. The summed E-state index contributed by atoms with van der Waals surface area (Å²) in [4.78, 5) is 12.4. The van der Waals surface area contributed by atoms with Crippen LogP contribution in [0.5, 0.6) is 0 Å². The van der Waals surface area contributed by atoms with Crippen molar-refractivity contribution in [2.75, 3.05) is 7.11 Å². The SMILES string of the molecule is COC1CCC(C(=O)OC2CCC(C3CCC(C#N)CC3)CC2)CC1. The van der Waals surface area contributed by atoms with Gasteiger partial charge in [-0.2, -0.15) is 5.26 Å². The number of esters is 1. The number of carbonyl (C=O) groups is 1. The summed E-state index contributed by atoms with van der Waals surface area (Å²) >= 11 is 0. The number of nitrogens with zero attached hydrogens (tertiary/aromatic N) is 1. The molecule has 4 nitrogen and oxygen atoms in total. The van der Waals surface area contributed by atoms with Crippen LogP contribution in [0.1, 0.15) is 77.0 Å². The number of ether oxygens (including phenoxy) is 2. The Balaban J connectivity index is 1.37. The first-order valence-electron chi connectivity index (χ1n) is 10.3. The van der Waals surface area contributed by atoms with Crippen molar-refractivity contribution in [3.05, 3.63) is 0 Å². The van der Waals surface area contributed by atoms with Gasteiger partial charge in [-0.1, -0.05) is 0 Å². The molecule has 3 rings (SSSR count). The molecule has 3 fully saturated rings. The van der Waals surface area contributed by atoms with E-state index in [1.807, 2.05) is 0 Å². The molecule has 25 heavy (non-hydrogen) atoms. The van der Waals surface area contributed by atoms with Gasteiger partial charge in [0.2, 0.25) is 0 Å². The molecule has 0 aromatic carbocycles. The lowest BCUT2D eigenvalue weighted by Crippen LogP contribution is -2.33. The fourth-order valence-electron chi connectivity index (χ4n) is 5.19. The molecule has 3 aliphatic carbocycles. The van der Waals surface area contributed by atoms with Crippen molar-refractivity contribution in [1.82, 2.24) is 0 Å². The number of nitriles is 1. The number of methoxy groups -OCH3 is 1. The highest BCUT2D eigenvalue weighted by molar-refractivity contribution is 5.72. The van der Waals surface area contributed by atoms with Gasteiger partial charge in [0.15, 0.2) is 0 Å². The van der Waals surface area contributed by atoms with Gasteiger partial charge >= 0.3 is 5.97 Å². The molecule has 0 spiro atoms. The minimum absolute atomic E-state index is 0.0348. The summed E-state index contributed by atoms with van der Waals surface area (Å²) in [6.07, 6.45) is 13.3. The molecule has 4 heteroatoms. The van der Waals surface area contributed by atoms with E-state index in [9.17, 15) is 4.79 Å². The zero-order chi connectivity index (χ0) is 17.6. The molecular weight excluding hydrogens is 314 g/mol. The fraction of sp³-hybridized carbons (Fsp3) is 0.905. The van der Waals surface area contributed by atoms with Gasteiger partial charge in [0.25, 0.3) is 0 Å². The average molecular weight is 347 g/mol. The van der Waals surface area contributed by atoms with E-state index in [0.717, 1.165) is 63.2 Å². The standard InChI is InChI=1S/C21H33NO3/c1-24-19-10-8-18(9-11-19)21(23)25-20-12-6-17(7-13-20)16-4-2-15(14-22)3-5-16/h15-20H,2-13H2,1H3. The number of hydrogen-bond donors (Lipinski definition) is 0. The maximum Gasteiger partial charge on any atom is 0.309 e. The molecule has 3 aliphatic rings. The molecule has 0 amide bonds. The summed E-state index contributed by atoms with van der Waals surface area (Å²) in [7, 11) is 1.76. The van der Waals surface area contributed by atoms with Crippen molar-refractivity contribution in [3.63, 3.8) is 0 Å². The Morgan fingerprint density at radius 2 is 1.32 bits per heavy atom. The van der Waals surface area contributed by atoms with Crippen LogP contribution in [-0.4, -0.2) is 25.3 Å². The third-order valence-electron chi connectivity index (χ3n) is 6.96. The van der Waals surface area contributed by atoms with Gasteiger partial charge in [0.1, 0.15) is 6.10 Å². The van der Waals surface area contributed by atoms with E-state index in [2.05, 4.69) is 6.07 Å². The second-order valence-corrected chi connectivity index (χ2v) is 8.42. The molecule has 0 radical (unpaired) electrons. The van der Waals surface area contributed by atoms with Crippen LogP contribution < -0.4 is 0 Å². The van der Waals surface area contributed by atoms with Crippen molar-refractivity contribution >= 4 is 5.97 Å². The summed E-state index contributed by atoms with van der Waals surface area (Å²) in [5.74, 6) is 2.00. The third-order valence-corrected chi connectivity index (χ3v) is 6.96. The summed E-state index contributed by atoms with van der Waals surface area (Å²) in [6.45, 7) is 0. The molecule has 140 valence electrons. The zero-order valence-corrected chi connectivity index (χ0v) is 15.6. The Labute approximate surface area is 152 Å². The predicted molar refractivity (Wildman–Crippen MR) is 95.7 cm³/mol. The van der Waals surface area contributed by atoms with E-state index in [1.165, 1.54) is 25.7 Å². The maximum atomic E-state index is 12.4. The fourth-order valence-corrected chi connectivity index (χ4v) is 5.19. The lowest BCUT2D eigenvalue weighted by Gasteiger charge is -2.37. The van der Waals surface area contributed by atoms with Crippen LogP contribution in [0.2, 0.25) is 0 Å². The second kappa shape index (κ2) is 9.03. The second-order valence-electron chi connectivity index (χ2n) is 8.42. The maximum absolute atomic E-state index is 12.4. The highest BCUT2D eigenvalue weighted by atomic mass is 16.5. The van der Waals surface area contributed by atoms with Crippen LogP contribution >= 0.6 is 0 Å². The quantitative estimate of drug-likeness (QED) is 0.696. The van der Waals surface area contributed by atoms with E-state index >= 15 is 0 Å². The van der Waals surface area contributed by atoms with Gasteiger partial charge < -0.3 is 9.47 Å². The van der Waals surface area contributed by atoms with E-state index in [-0.39, 0.29) is 18.0 Å². The van der Waals surface area contributed by atoms with Crippen LogP contribution in [0.15, 0.2) is 0 Å². The highest BCUT2D eigenvalue weighted by Gasteiger charge is 2.33. The Kier molecular flexibility index (Phi) is 6.76. The number of rotatable bonds is 4. The van der Waals surface area contributed by atoms with Crippen LogP contribution in [0.3, 0.4) is 0 Å². The lowest BCUT2D eigenvalue weighted by atomic mass is 9.71. The minimum Gasteiger partial charge on any atom is -0.462 e. The molecular formula is C21H33NO3. The van der Waals surface area contributed by atoms with Crippen molar-refractivity contribution in [2.45, 2.75) is 89.3 Å². The molecule has 0 aromatic heterocycles. The molecule has 0 N–H and O–H groups in total. The Hall–Kier alpha value is -1.08. The molecule has 0 heterocycles. The molecule has 0 aliphatic heterocycles. The summed E-state index contributed by atoms with van der Waals surface area (Å²) in [6, 6.07) is 2.43. The van der Waals surface area contributed by atoms with E-state index in [0.29, 0.717) is 12.0 Å². The van der Waals surface area contributed by atoms with Crippen LogP contribution in [0.25, 0.3) is 0 Å². The molecule has 0 bridgehead atoms. The first-order valence-corrected chi connectivity index (χ1v) is 10.3. The predicted octanol–water partition coefficient (Wildman–Crippen LogP) is 4.62. The zero-order valence-electron chi connectivity index (χ0n) is 15.6. The third kappa shape index (κ3) is 4.97. The monoisotopic (exact) mass is 347 g/mol. The van der Waals surface area contributed by atoms with Crippen LogP contribution in [0.4, 0.5) is 0 Å². The van der Waals surface area contributed by atoms with Gasteiger partial charge in [0.05, 0.1) is 18.1 Å². The normalized spacial score (nSPS) is 39.4. The van der Waals surface area contributed by atoms with Gasteiger partial charge in [-0.25, -0.2) is 0 Å². The van der Waals surface area contributed by atoms with Gasteiger partial charge in [0, 0.05) is 13.0 Å². The topological polar surface area (TPSA) is 59.3 Å². The van der Waals surface area contributed by atoms with Crippen molar-refractivity contribution in [1.29, 1.82) is 5.26 Å². The van der Waals surface area contributed by atoms with E-state index < -0.39 is 0 Å². The van der Waals surface area contributed by atoms with E-state index in [1.54, 1.807) is 7.11 Å². The lowest BCUT2D eigenvalue weighted by molar-refractivity contribution is -0.158. The summed E-state index contributed by atoms with van der Waals surface area (Å²) in [5.41, 5.74) is 0. The largest absolute Gasteiger partial charge is 0.462 e. The van der Waals surface area contributed by atoms with Gasteiger partial charge in [-0.05, 0) is 88.9 Å². The van der Waals surface area contributed by atoms with Crippen molar-refractivity contribution in [2.24, 2.45) is 23.7 Å². The van der Waals surface area contributed by atoms with Gasteiger partial charge in [-0.15, -0.1) is 0 Å². The van der Waals surface area contributed by atoms with E-state index in [4.69, 9.17) is 14.7 Å². The summed E-state index contributed by atoms with van der Waals surface area (Å²) < 4.78 is 11.2. The first kappa shape index (κ1) is 18.7. The molecule has 0 unspecified atom stereocenters.